The van der Waals surface area contributed by atoms with E-state index in [9.17, 15) is 4.79 Å². The third-order valence-corrected chi connectivity index (χ3v) is 4.11. The van der Waals surface area contributed by atoms with Gasteiger partial charge in [-0.05, 0) is 43.2 Å². The summed E-state index contributed by atoms with van der Waals surface area (Å²) in [7, 11) is 3.18. The van der Waals surface area contributed by atoms with Gasteiger partial charge in [0, 0.05) is 17.6 Å². The molecule has 118 valence electrons. The van der Waals surface area contributed by atoms with Crippen LogP contribution < -0.4 is 9.47 Å². The molecule has 3 rings (SSSR count). The molecule has 2 aromatic carbocycles. The highest BCUT2D eigenvalue weighted by Crippen LogP contribution is 2.37. The zero-order valence-corrected chi connectivity index (χ0v) is 13.9. The van der Waals surface area contributed by atoms with Crippen LogP contribution in [0, 0.1) is 13.8 Å². The Bertz CT molecular complexity index is 796. The van der Waals surface area contributed by atoms with E-state index in [1.54, 1.807) is 20.3 Å². The second kappa shape index (κ2) is 5.92. The van der Waals surface area contributed by atoms with E-state index in [-0.39, 0.29) is 5.78 Å². The first-order valence-corrected chi connectivity index (χ1v) is 7.60. The maximum Gasteiger partial charge on any atom is 0.189 e. The van der Waals surface area contributed by atoms with Gasteiger partial charge in [-0.2, -0.15) is 0 Å². The minimum Gasteiger partial charge on any atom is -0.493 e. The molecule has 0 saturated carbocycles. The molecule has 0 aliphatic heterocycles. The third kappa shape index (κ3) is 2.87. The molecule has 0 amide bonds. The highest BCUT2D eigenvalue weighted by Gasteiger charge is 2.27. The number of rotatable bonds is 3. The lowest BCUT2D eigenvalue weighted by molar-refractivity contribution is 0.104. The van der Waals surface area contributed by atoms with E-state index in [1.165, 1.54) is 11.1 Å². The lowest BCUT2D eigenvalue weighted by Crippen LogP contribution is -1.97. The normalized spacial score (nSPS) is 15.0. The van der Waals surface area contributed by atoms with E-state index in [0.717, 1.165) is 16.7 Å². The van der Waals surface area contributed by atoms with Crippen molar-refractivity contribution in [2.24, 2.45) is 0 Å². The Morgan fingerprint density at radius 2 is 1.52 bits per heavy atom. The molecule has 0 atom stereocenters. The van der Waals surface area contributed by atoms with Gasteiger partial charge in [0.15, 0.2) is 17.3 Å². The second-order valence-electron chi connectivity index (χ2n) is 5.96. The van der Waals surface area contributed by atoms with Crippen molar-refractivity contribution < 1.29 is 14.3 Å². The van der Waals surface area contributed by atoms with Crippen LogP contribution in [0.2, 0.25) is 0 Å². The van der Waals surface area contributed by atoms with Crippen LogP contribution in [0.5, 0.6) is 11.5 Å². The zero-order chi connectivity index (χ0) is 16.6. The first kappa shape index (κ1) is 15.3. The number of ketones is 1. The van der Waals surface area contributed by atoms with E-state index in [1.807, 2.05) is 12.1 Å². The van der Waals surface area contributed by atoms with Gasteiger partial charge in [-0.1, -0.05) is 29.3 Å². The number of carbonyl (C=O) groups is 1. The summed E-state index contributed by atoms with van der Waals surface area (Å²) < 4.78 is 10.6. The summed E-state index contributed by atoms with van der Waals surface area (Å²) in [6.45, 7) is 4.13. The van der Waals surface area contributed by atoms with Crippen molar-refractivity contribution in [2.75, 3.05) is 14.2 Å². The van der Waals surface area contributed by atoms with Crippen molar-refractivity contribution in [1.82, 2.24) is 0 Å². The standard InChI is InChI=1S/C20H20O3/c1-12-5-13(2)7-14(6-12)8-16-9-15-10-18(22-3)19(23-4)11-17(15)20(16)21/h5-8,10-11H,9H2,1-4H3/b16-8+. The van der Waals surface area contributed by atoms with Gasteiger partial charge in [0.1, 0.15) is 0 Å². The molecule has 0 unspecified atom stereocenters. The van der Waals surface area contributed by atoms with E-state index in [2.05, 4.69) is 32.0 Å². The van der Waals surface area contributed by atoms with Crippen LogP contribution in [0.3, 0.4) is 0 Å². The van der Waals surface area contributed by atoms with Crippen molar-refractivity contribution in [3.8, 4) is 11.5 Å². The molecule has 0 saturated heterocycles. The molecule has 23 heavy (non-hydrogen) atoms. The fourth-order valence-corrected chi connectivity index (χ4v) is 3.15. The molecule has 1 aliphatic carbocycles. The van der Waals surface area contributed by atoms with E-state index < -0.39 is 0 Å². The number of fused-ring (bicyclic) bond motifs is 1. The Labute approximate surface area is 136 Å². The maximum absolute atomic E-state index is 12.7. The number of aryl methyl sites for hydroxylation is 2. The number of hydrogen-bond acceptors (Lipinski definition) is 3. The first-order chi connectivity index (χ1) is 11.0. The molecular formula is C20H20O3. The molecule has 3 heteroatoms. The molecule has 3 nitrogen and oxygen atoms in total. The number of hydrogen-bond donors (Lipinski definition) is 0. The van der Waals surface area contributed by atoms with Crippen molar-refractivity contribution in [3.05, 3.63) is 63.7 Å². The van der Waals surface area contributed by atoms with Crippen LogP contribution in [0.4, 0.5) is 0 Å². The largest absolute Gasteiger partial charge is 0.493 e. The fourth-order valence-electron chi connectivity index (χ4n) is 3.15. The third-order valence-electron chi connectivity index (χ3n) is 4.11. The van der Waals surface area contributed by atoms with E-state index >= 15 is 0 Å². The van der Waals surface area contributed by atoms with Gasteiger partial charge in [-0.15, -0.1) is 0 Å². The molecule has 0 N–H and O–H groups in total. The van der Waals surface area contributed by atoms with Crippen molar-refractivity contribution in [1.29, 1.82) is 0 Å². The van der Waals surface area contributed by atoms with Crippen LogP contribution in [-0.4, -0.2) is 20.0 Å². The van der Waals surface area contributed by atoms with Crippen LogP contribution in [0.15, 0.2) is 35.9 Å². The molecule has 0 bridgehead atoms. The average Bonchev–Trinajstić information content (AvgIpc) is 2.80. The molecule has 2 aromatic rings. The Morgan fingerprint density at radius 1 is 0.913 bits per heavy atom. The Hall–Kier alpha value is -2.55. The van der Waals surface area contributed by atoms with E-state index in [4.69, 9.17) is 9.47 Å². The number of carbonyl (C=O) groups excluding carboxylic acids is 1. The molecule has 0 radical (unpaired) electrons. The molecule has 0 fully saturated rings. The summed E-state index contributed by atoms with van der Waals surface area (Å²) in [6, 6.07) is 9.99. The Balaban J connectivity index is 2.01. The smallest absolute Gasteiger partial charge is 0.189 e. The molecule has 0 spiro atoms. The fraction of sp³-hybridized carbons (Fsp3) is 0.250. The van der Waals surface area contributed by atoms with Crippen molar-refractivity contribution in [2.45, 2.75) is 20.3 Å². The van der Waals surface area contributed by atoms with Gasteiger partial charge in [0.2, 0.25) is 0 Å². The minimum absolute atomic E-state index is 0.0695. The monoisotopic (exact) mass is 308 g/mol. The first-order valence-electron chi connectivity index (χ1n) is 7.60. The van der Waals surface area contributed by atoms with Gasteiger partial charge >= 0.3 is 0 Å². The van der Waals surface area contributed by atoms with Gasteiger partial charge in [-0.3, -0.25) is 4.79 Å². The summed E-state index contributed by atoms with van der Waals surface area (Å²) in [5.41, 5.74) is 5.96. The SMILES string of the molecule is COc1cc2c(cc1OC)C(=O)/C(=C/c1cc(C)cc(C)c1)C2. The predicted octanol–water partition coefficient (Wildman–Crippen LogP) is 4.14. The van der Waals surface area contributed by atoms with Crippen LogP contribution in [-0.2, 0) is 6.42 Å². The Kier molecular flexibility index (Phi) is 3.95. The summed E-state index contributed by atoms with van der Waals surface area (Å²) in [6.07, 6.45) is 2.61. The van der Waals surface area contributed by atoms with Gasteiger partial charge in [0.05, 0.1) is 14.2 Å². The zero-order valence-electron chi connectivity index (χ0n) is 13.9. The van der Waals surface area contributed by atoms with E-state index in [0.29, 0.717) is 23.5 Å². The number of benzene rings is 2. The quantitative estimate of drug-likeness (QED) is 0.799. The predicted molar refractivity (Wildman–Crippen MR) is 91.5 cm³/mol. The number of Topliss-reactive ketones (excluding diaryl/α,β-unsaturated/α-hetero) is 1. The van der Waals surface area contributed by atoms with Crippen LogP contribution >= 0.6 is 0 Å². The molecule has 1 aliphatic rings. The number of ether oxygens (including phenoxy) is 2. The van der Waals surface area contributed by atoms with Crippen molar-refractivity contribution in [3.63, 3.8) is 0 Å². The number of methoxy groups -OCH3 is 2. The molecular weight excluding hydrogens is 288 g/mol. The number of allylic oxidation sites excluding steroid dienone is 1. The summed E-state index contributed by atoms with van der Waals surface area (Å²) >= 11 is 0. The summed E-state index contributed by atoms with van der Waals surface area (Å²) in [5.74, 6) is 1.32. The average molecular weight is 308 g/mol. The van der Waals surface area contributed by atoms with Gasteiger partial charge in [0.25, 0.3) is 0 Å². The second-order valence-corrected chi connectivity index (χ2v) is 5.96. The highest BCUT2D eigenvalue weighted by molar-refractivity contribution is 6.15. The highest BCUT2D eigenvalue weighted by atomic mass is 16.5. The van der Waals surface area contributed by atoms with Crippen LogP contribution in [0.25, 0.3) is 6.08 Å². The summed E-state index contributed by atoms with van der Waals surface area (Å²) in [5, 5.41) is 0. The minimum atomic E-state index is 0.0695. The lowest BCUT2D eigenvalue weighted by atomic mass is 10.0. The molecule has 0 aromatic heterocycles. The Morgan fingerprint density at radius 3 is 2.13 bits per heavy atom. The topological polar surface area (TPSA) is 35.5 Å². The summed E-state index contributed by atoms with van der Waals surface area (Å²) in [4.78, 5) is 12.7. The van der Waals surface area contributed by atoms with Gasteiger partial charge < -0.3 is 9.47 Å². The van der Waals surface area contributed by atoms with Crippen LogP contribution in [0.1, 0.15) is 32.6 Å². The van der Waals surface area contributed by atoms with Crippen molar-refractivity contribution >= 4 is 11.9 Å². The van der Waals surface area contributed by atoms with Gasteiger partial charge in [-0.25, -0.2) is 0 Å². The lowest BCUT2D eigenvalue weighted by Gasteiger charge is -2.08. The molecule has 0 heterocycles. The maximum atomic E-state index is 12.7.